The third-order valence-electron chi connectivity index (χ3n) is 3.87. The number of nitrogens with zero attached hydrogens (tertiary/aromatic N) is 1. The number of ether oxygens (including phenoxy) is 2. The second kappa shape index (κ2) is 8.20. The molecule has 7 nitrogen and oxygen atoms in total. The van der Waals surface area contributed by atoms with Gasteiger partial charge >= 0.3 is 6.09 Å². The molecule has 1 atom stereocenters. The molecule has 1 heterocycles. The Labute approximate surface area is 148 Å². The molecule has 0 unspecified atom stereocenters. The third-order valence-corrected chi connectivity index (χ3v) is 3.87. The van der Waals surface area contributed by atoms with Crippen molar-refractivity contribution in [1.82, 2.24) is 10.3 Å². The summed E-state index contributed by atoms with van der Waals surface area (Å²) < 4.78 is 11.3. The maximum atomic E-state index is 12.3. The van der Waals surface area contributed by atoms with Crippen LogP contribution in [0, 0.1) is 0 Å². The standard InChI is InChI=1S/C18H27N3O4/c1-18(2,3)25-17(23)21-9-5-7-14(21)12-24-15-8-4-6-13(10-15)11-16(22)20-19/h4,6,8,10,14H,5,7,9,11-12,19H2,1-3H3,(H,20,22)/t14-/m1/s1. The smallest absolute Gasteiger partial charge is 0.410 e. The van der Waals surface area contributed by atoms with Crippen LogP contribution < -0.4 is 16.0 Å². The van der Waals surface area contributed by atoms with Gasteiger partial charge in [0.25, 0.3) is 0 Å². The van der Waals surface area contributed by atoms with E-state index in [1.54, 1.807) is 4.90 Å². The summed E-state index contributed by atoms with van der Waals surface area (Å²) in [6.45, 7) is 6.64. The van der Waals surface area contributed by atoms with Gasteiger partial charge in [0.15, 0.2) is 0 Å². The average Bonchev–Trinajstić information content (AvgIpc) is 3.00. The zero-order chi connectivity index (χ0) is 18.4. The highest BCUT2D eigenvalue weighted by Gasteiger charge is 2.32. The summed E-state index contributed by atoms with van der Waals surface area (Å²) in [6, 6.07) is 7.30. The number of carbonyl (C=O) groups excluding carboxylic acids is 2. The van der Waals surface area contributed by atoms with Crippen molar-refractivity contribution in [2.24, 2.45) is 5.84 Å². The summed E-state index contributed by atoms with van der Waals surface area (Å²) in [7, 11) is 0. The van der Waals surface area contributed by atoms with Crippen molar-refractivity contribution in [2.75, 3.05) is 13.2 Å². The fourth-order valence-corrected chi connectivity index (χ4v) is 2.74. The molecule has 1 aromatic carbocycles. The monoisotopic (exact) mass is 349 g/mol. The summed E-state index contributed by atoms with van der Waals surface area (Å²) in [5.74, 6) is 5.51. The highest BCUT2D eigenvalue weighted by Crippen LogP contribution is 2.22. The Hall–Kier alpha value is -2.28. The number of rotatable bonds is 5. The van der Waals surface area contributed by atoms with Crippen LogP contribution in [0.2, 0.25) is 0 Å². The highest BCUT2D eigenvalue weighted by atomic mass is 16.6. The first-order valence-electron chi connectivity index (χ1n) is 8.49. The molecule has 1 aromatic rings. The van der Waals surface area contributed by atoms with E-state index in [0.29, 0.717) is 18.9 Å². The molecule has 0 saturated carbocycles. The van der Waals surface area contributed by atoms with Crippen molar-refractivity contribution in [2.45, 2.75) is 51.7 Å². The molecular formula is C18H27N3O4. The summed E-state index contributed by atoms with van der Waals surface area (Å²) in [5.41, 5.74) is 2.41. The van der Waals surface area contributed by atoms with Crippen molar-refractivity contribution in [3.63, 3.8) is 0 Å². The molecule has 1 fully saturated rings. The van der Waals surface area contributed by atoms with Crippen molar-refractivity contribution in [3.05, 3.63) is 29.8 Å². The molecule has 3 N–H and O–H groups in total. The lowest BCUT2D eigenvalue weighted by Gasteiger charge is -2.28. The topological polar surface area (TPSA) is 93.9 Å². The average molecular weight is 349 g/mol. The van der Waals surface area contributed by atoms with Crippen LogP contribution in [-0.4, -0.2) is 41.7 Å². The van der Waals surface area contributed by atoms with Gasteiger partial charge in [0.05, 0.1) is 12.5 Å². The molecule has 25 heavy (non-hydrogen) atoms. The molecule has 1 aliphatic heterocycles. The zero-order valence-corrected chi connectivity index (χ0v) is 15.1. The van der Waals surface area contributed by atoms with E-state index in [4.69, 9.17) is 15.3 Å². The molecule has 0 bridgehead atoms. The van der Waals surface area contributed by atoms with Crippen molar-refractivity contribution in [1.29, 1.82) is 0 Å². The molecule has 7 heteroatoms. The molecule has 138 valence electrons. The molecule has 2 rings (SSSR count). The predicted molar refractivity (Wildman–Crippen MR) is 93.9 cm³/mol. The van der Waals surface area contributed by atoms with Crippen molar-refractivity contribution in [3.8, 4) is 5.75 Å². The van der Waals surface area contributed by atoms with E-state index in [1.807, 2.05) is 45.0 Å². The van der Waals surface area contributed by atoms with E-state index in [-0.39, 0.29) is 24.5 Å². The maximum absolute atomic E-state index is 12.3. The van der Waals surface area contributed by atoms with Gasteiger partial charge in [0.1, 0.15) is 18.0 Å². The molecule has 0 spiro atoms. The van der Waals surface area contributed by atoms with Gasteiger partial charge in [-0.15, -0.1) is 0 Å². The minimum absolute atomic E-state index is 0.00848. The first-order chi connectivity index (χ1) is 11.8. The van der Waals surface area contributed by atoms with Gasteiger partial charge in [-0.3, -0.25) is 10.2 Å². The number of hydrogen-bond donors (Lipinski definition) is 2. The van der Waals surface area contributed by atoms with Crippen molar-refractivity contribution >= 4 is 12.0 Å². The predicted octanol–water partition coefficient (Wildman–Crippen LogP) is 2.00. The second-order valence-electron chi connectivity index (χ2n) is 7.17. The van der Waals surface area contributed by atoms with Gasteiger partial charge in [-0.1, -0.05) is 12.1 Å². The van der Waals surface area contributed by atoms with Crippen LogP contribution in [0.4, 0.5) is 4.79 Å². The fourth-order valence-electron chi connectivity index (χ4n) is 2.74. The van der Waals surface area contributed by atoms with Gasteiger partial charge in [0.2, 0.25) is 5.91 Å². The molecular weight excluding hydrogens is 322 g/mol. The van der Waals surface area contributed by atoms with E-state index in [9.17, 15) is 9.59 Å². The lowest BCUT2D eigenvalue weighted by Crippen LogP contribution is -2.42. The number of amides is 2. The number of nitrogens with one attached hydrogen (secondary N) is 1. The molecule has 0 aliphatic carbocycles. The minimum atomic E-state index is -0.511. The van der Waals surface area contributed by atoms with Crippen LogP contribution in [0.3, 0.4) is 0 Å². The Balaban J connectivity index is 1.92. The number of likely N-dealkylation sites (tertiary alicyclic amines) is 1. The van der Waals surface area contributed by atoms with E-state index in [2.05, 4.69) is 5.43 Å². The Morgan fingerprint density at radius 3 is 2.80 bits per heavy atom. The largest absolute Gasteiger partial charge is 0.491 e. The van der Waals surface area contributed by atoms with Gasteiger partial charge in [-0.2, -0.15) is 0 Å². The zero-order valence-electron chi connectivity index (χ0n) is 15.1. The number of carbonyl (C=O) groups is 2. The Morgan fingerprint density at radius 2 is 2.12 bits per heavy atom. The maximum Gasteiger partial charge on any atom is 0.410 e. The third kappa shape index (κ3) is 5.94. The Morgan fingerprint density at radius 1 is 1.36 bits per heavy atom. The van der Waals surface area contributed by atoms with Crippen LogP contribution in [0.1, 0.15) is 39.2 Å². The SMILES string of the molecule is CC(C)(C)OC(=O)N1CCC[C@@H]1COc1cccc(CC(=O)NN)c1. The molecule has 0 radical (unpaired) electrons. The Bertz CT molecular complexity index is 613. The van der Waals surface area contributed by atoms with Crippen LogP contribution in [-0.2, 0) is 16.0 Å². The van der Waals surface area contributed by atoms with Gasteiger partial charge in [-0.25, -0.2) is 10.6 Å². The van der Waals surface area contributed by atoms with E-state index >= 15 is 0 Å². The molecule has 2 amide bonds. The van der Waals surface area contributed by atoms with Crippen LogP contribution >= 0.6 is 0 Å². The van der Waals surface area contributed by atoms with E-state index in [1.165, 1.54) is 0 Å². The molecule has 1 saturated heterocycles. The van der Waals surface area contributed by atoms with Gasteiger partial charge in [0, 0.05) is 6.54 Å². The summed E-state index contributed by atoms with van der Waals surface area (Å²) >= 11 is 0. The molecule has 0 aromatic heterocycles. The number of benzene rings is 1. The van der Waals surface area contributed by atoms with Crippen LogP contribution in [0.15, 0.2) is 24.3 Å². The van der Waals surface area contributed by atoms with Gasteiger partial charge in [-0.05, 0) is 51.3 Å². The summed E-state index contributed by atoms with van der Waals surface area (Å²) in [4.78, 5) is 25.4. The second-order valence-corrected chi connectivity index (χ2v) is 7.17. The minimum Gasteiger partial charge on any atom is -0.491 e. The number of hydrazine groups is 1. The quantitative estimate of drug-likeness (QED) is 0.482. The van der Waals surface area contributed by atoms with E-state index < -0.39 is 5.60 Å². The van der Waals surface area contributed by atoms with Gasteiger partial charge < -0.3 is 14.4 Å². The van der Waals surface area contributed by atoms with Crippen LogP contribution in [0.25, 0.3) is 0 Å². The highest BCUT2D eigenvalue weighted by molar-refractivity contribution is 5.78. The van der Waals surface area contributed by atoms with E-state index in [0.717, 1.165) is 18.4 Å². The van der Waals surface area contributed by atoms with Crippen molar-refractivity contribution < 1.29 is 19.1 Å². The number of hydrogen-bond acceptors (Lipinski definition) is 5. The first-order valence-corrected chi connectivity index (χ1v) is 8.49. The number of nitrogens with two attached hydrogens (primary N) is 1. The molecule has 1 aliphatic rings. The normalized spacial score (nSPS) is 17.3. The fraction of sp³-hybridized carbons (Fsp3) is 0.556. The summed E-state index contributed by atoms with van der Waals surface area (Å²) in [5, 5.41) is 0. The first kappa shape index (κ1) is 19.1. The Kier molecular flexibility index (Phi) is 6.25. The van der Waals surface area contributed by atoms with Crippen LogP contribution in [0.5, 0.6) is 5.75 Å². The lowest BCUT2D eigenvalue weighted by molar-refractivity contribution is -0.120. The summed E-state index contributed by atoms with van der Waals surface area (Å²) in [6.07, 6.45) is 1.71. The lowest BCUT2D eigenvalue weighted by atomic mass is 10.1.